The molecule has 0 saturated heterocycles. The first-order valence-electron chi connectivity index (χ1n) is 10.2. The van der Waals surface area contributed by atoms with E-state index in [0.29, 0.717) is 32.7 Å². The number of hydrogen-bond acceptors (Lipinski definition) is 7. The van der Waals surface area contributed by atoms with Crippen LogP contribution in [0.3, 0.4) is 0 Å². The Labute approximate surface area is 218 Å². The van der Waals surface area contributed by atoms with E-state index >= 15 is 0 Å². The van der Waals surface area contributed by atoms with E-state index in [4.69, 9.17) is 25.8 Å². The third-order valence-corrected chi connectivity index (χ3v) is 7.00. The Kier molecular flexibility index (Phi) is 8.02. The second-order valence-electron chi connectivity index (χ2n) is 7.08. The first-order chi connectivity index (χ1) is 16.9. The topological polar surface area (TPSA) is 86.2 Å². The van der Waals surface area contributed by atoms with E-state index in [2.05, 4.69) is 26.5 Å². The van der Waals surface area contributed by atoms with E-state index in [1.54, 1.807) is 43.5 Å². The van der Waals surface area contributed by atoms with Crippen molar-refractivity contribution < 1.29 is 23.8 Å². The Morgan fingerprint density at radius 3 is 2.57 bits per heavy atom. The van der Waals surface area contributed by atoms with Crippen LogP contribution < -0.4 is 19.6 Å². The Balaban J connectivity index is 1.31. The maximum Gasteiger partial charge on any atom is 0.355 e. The van der Waals surface area contributed by atoms with Gasteiger partial charge in [0.1, 0.15) is 22.1 Å². The molecule has 1 amide bonds. The number of para-hydroxylation sites is 1. The van der Waals surface area contributed by atoms with Crippen molar-refractivity contribution in [1.82, 2.24) is 5.43 Å². The zero-order chi connectivity index (χ0) is 24.8. The Hall–Kier alpha value is -3.40. The van der Waals surface area contributed by atoms with E-state index in [0.717, 1.165) is 14.6 Å². The SMILES string of the molecule is COc1ccc2c(Cl)c(C(=O)Oc3ccc(/C=N\NC(=O)COc4ccccc4Br)cc3)sc2c1. The van der Waals surface area contributed by atoms with Crippen LogP contribution in [0.15, 0.2) is 76.3 Å². The van der Waals surface area contributed by atoms with Crippen LogP contribution in [0.1, 0.15) is 15.2 Å². The van der Waals surface area contributed by atoms with Gasteiger partial charge in [0.15, 0.2) is 6.61 Å². The second kappa shape index (κ2) is 11.4. The maximum absolute atomic E-state index is 12.7. The number of esters is 1. The summed E-state index contributed by atoms with van der Waals surface area (Å²) in [5.74, 6) is 0.646. The molecule has 3 aromatic carbocycles. The maximum atomic E-state index is 12.7. The lowest BCUT2D eigenvalue weighted by atomic mass is 10.2. The predicted octanol–water partition coefficient (Wildman–Crippen LogP) is 6.07. The summed E-state index contributed by atoms with van der Waals surface area (Å²) in [6.07, 6.45) is 1.47. The molecule has 35 heavy (non-hydrogen) atoms. The average molecular weight is 574 g/mol. The Morgan fingerprint density at radius 2 is 1.83 bits per heavy atom. The van der Waals surface area contributed by atoms with Gasteiger partial charge in [0.05, 0.1) is 22.8 Å². The molecule has 0 aliphatic carbocycles. The summed E-state index contributed by atoms with van der Waals surface area (Å²) in [6, 6.07) is 19.3. The van der Waals surface area contributed by atoms with Gasteiger partial charge in [-0.15, -0.1) is 11.3 Å². The molecule has 4 rings (SSSR count). The van der Waals surface area contributed by atoms with Crippen LogP contribution in [0.2, 0.25) is 5.02 Å². The van der Waals surface area contributed by atoms with Gasteiger partial charge >= 0.3 is 5.97 Å². The molecule has 1 aromatic heterocycles. The fourth-order valence-electron chi connectivity index (χ4n) is 3.00. The van der Waals surface area contributed by atoms with E-state index < -0.39 is 11.9 Å². The molecule has 4 aromatic rings. The van der Waals surface area contributed by atoms with Gasteiger partial charge in [0.2, 0.25) is 0 Å². The molecule has 1 N–H and O–H groups in total. The van der Waals surface area contributed by atoms with E-state index in [1.165, 1.54) is 17.6 Å². The lowest BCUT2D eigenvalue weighted by molar-refractivity contribution is -0.123. The number of methoxy groups -OCH3 is 1. The van der Waals surface area contributed by atoms with Gasteiger partial charge in [-0.2, -0.15) is 5.10 Å². The van der Waals surface area contributed by atoms with Crippen LogP contribution in [0.5, 0.6) is 17.2 Å². The van der Waals surface area contributed by atoms with Crippen molar-refractivity contribution in [2.24, 2.45) is 5.10 Å². The van der Waals surface area contributed by atoms with Gasteiger partial charge < -0.3 is 14.2 Å². The summed E-state index contributed by atoms with van der Waals surface area (Å²) in [4.78, 5) is 24.9. The molecule has 7 nitrogen and oxygen atoms in total. The van der Waals surface area contributed by atoms with Crippen LogP contribution in [0, 0.1) is 0 Å². The number of nitrogens with zero attached hydrogens (tertiary/aromatic N) is 1. The number of amides is 1. The highest BCUT2D eigenvalue weighted by Gasteiger charge is 2.19. The van der Waals surface area contributed by atoms with Crippen molar-refractivity contribution in [2.45, 2.75) is 0 Å². The van der Waals surface area contributed by atoms with Crippen LogP contribution in [0.4, 0.5) is 0 Å². The third kappa shape index (κ3) is 6.19. The van der Waals surface area contributed by atoms with Gasteiger partial charge in [-0.1, -0.05) is 23.7 Å². The summed E-state index contributed by atoms with van der Waals surface area (Å²) >= 11 is 11.0. The number of benzene rings is 3. The summed E-state index contributed by atoms with van der Waals surface area (Å²) in [5.41, 5.74) is 3.10. The predicted molar refractivity (Wildman–Crippen MR) is 140 cm³/mol. The van der Waals surface area contributed by atoms with Gasteiger partial charge in [-0.25, -0.2) is 10.2 Å². The molecule has 0 atom stereocenters. The van der Waals surface area contributed by atoms with Gasteiger partial charge in [0, 0.05) is 10.1 Å². The molecular formula is C25H18BrClN2O5S. The molecule has 0 spiro atoms. The Bertz CT molecular complexity index is 1410. The number of hydrogen-bond donors (Lipinski definition) is 1. The molecule has 0 radical (unpaired) electrons. The van der Waals surface area contributed by atoms with Crippen molar-refractivity contribution in [3.05, 3.63) is 86.7 Å². The van der Waals surface area contributed by atoms with Gasteiger partial charge in [-0.3, -0.25) is 4.79 Å². The lowest BCUT2D eigenvalue weighted by Crippen LogP contribution is -2.24. The number of thiophene rings is 1. The molecule has 0 fully saturated rings. The minimum Gasteiger partial charge on any atom is -0.497 e. The molecule has 0 aliphatic rings. The molecule has 178 valence electrons. The number of ether oxygens (including phenoxy) is 3. The number of halogens is 2. The summed E-state index contributed by atoms with van der Waals surface area (Å²) in [6.45, 7) is -0.179. The van der Waals surface area contributed by atoms with Gasteiger partial charge in [0.25, 0.3) is 5.91 Å². The number of carbonyl (C=O) groups is 2. The van der Waals surface area contributed by atoms with E-state index in [9.17, 15) is 9.59 Å². The van der Waals surface area contributed by atoms with Crippen LogP contribution in [-0.2, 0) is 4.79 Å². The summed E-state index contributed by atoms with van der Waals surface area (Å²) < 4.78 is 17.7. The van der Waals surface area contributed by atoms with E-state index in [-0.39, 0.29) is 6.61 Å². The van der Waals surface area contributed by atoms with Crippen molar-refractivity contribution in [1.29, 1.82) is 0 Å². The standard InChI is InChI=1S/C25H18BrClN2O5S/c1-32-17-10-11-18-21(12-17)35-24(23(18)27)25(31)34-16-8-6-15(7-9-16)13-28-29-22(30)14-33-20-5-3-2-4-19(20)26/h2-13H,14H2,1H3,(H,29,30)/b28-13-. The molecular weight excluding hydrogens is 556 g/mol. The number of hydrazone groups is 1. The van der Waals surface area contributed by atoms with E-state index in [1.807, 2.05) is 30.3 Å². The average Bonchev–Trinajstić information content (AvgIpc) is 3.20. The van der Waals surface area contributed by atoms with Crippen molar-refractivity contribution in [2.75, 3.05) is 13.7 Å². The number of carbonyl (C=O) groups excluding carboxylic acids is 2. The highest BCUT2D eigenvalue weighted by atomic mass is 79.9. The molecule has 0 bridgehead atoms. The zero-order valence-electron chi connectivity index (χ0n) is 18.3. The highest BCUT2D eigenvalue weighted by Crippen LogP contribution is 2.37. The van der Waals surface area contributed by atoms with Crippen molar-refractivity contribution >= 4 is 67.0 Å². The van der Waals surface area contributed by atoms with Crippen LogP contribution in [-0.4, -0.2) is 31.8 Å². The lowest BCUT2D eigenvalue weighted by Gasteiger charge is -2.06. The molecule has 0 saturated carbocycles. The number of nitrogens with one attached hydrogen (secondary N) is 1. The fourth-order valence-corrected chi connectivity index (χ4v) is 4.81. The number of rotatable bonds is 8. The largest absolute Gasteiger partial charge is 0.497 e. The minimum atomic E-state index is -0.547. The van der Waals surface area contributed by atoms with Crippen molar-refractivity contribution in [3.8, 4) is 17.2 Å². The minimum absolute atomic E-state index is 0.179. The monoisotopic (exact) mass is 572 g/mol. The highest BCUT2D eigenvalue weighted by molar-refractivity contribution is 9.10. The zero-order valence-corrected chi connectivity index (χ0v) is 21.4. The fraction of sp³-hybridized carbons (Fsp3) is 0.0800. The summed E-state index contributed by atoms with van der Waals surface area (Å²) in [5, 5.41) is 5.03. The second-order valence-corrected chi connectivity index (χ2v) is 9.36. The quantitative estimate of drug-likeness (QED) is 0.120. The third-order valence-electron chi connectivity index (χ3n) is 4.71. The van der Waals surface area contributed by atoms with Crippen LogP contribution in [0.25, 0.3) is 10.1 Å². The normalized spacial score (nSPS) is 10.9. The first kappa shape index (κ1) is 24.7. The van der Waals surface area contributed by atoms with Crippen LogP contribution >= 0.6 is 38.9 Å². The first-order valence-corrected chi connectivity index (χ1v) is 12.2. The molecule has 0 unspecified atom stereocenters. The van der Waals surface area contributed by atoms with Gasteiger partial charge in [-0.05, 0) is 76.1 Å². The summed E-state index contributed by atoms with van der Waals surface area (Å²) in [7, 11) is 1.58. The molecule has 0 aliphatic heterocycles. The molecule has 1 heterocycles. The smallest absolute Gasteiger partial charge is 0.355 e. The number of fused-ring (bicyclic) bond motifs is 1. The van der Waals surface area contributed by atoms with Crippen molar-refractivity contribution in [3.63, 3.8) is 0 Å². The molecule has 10 heteroatoms. The Morgan fingerprint density at radius 1 is 1.09 bits per heavy atom.